The molecular weight excluding hydrogens is 760 g/mol. The minimum absolute atomic E-state index is 1.29. The summed E-state index contributed by atoms with van der Waals surface area (Å²) >= 11 is 0. The van der Waals surface area contributed by atoms with Gasteiger partial charge in [0, 0.05) is 0 Å². The summed E-state index contributed by atoms with van der Waals surface area (Å²) in [7, 11) is 229. The third-order valence-corrected chi connectivity index (χ3v) is 14.1. The first-order valence-corrected chi connectivity index (χ1v) is 22.8. The summed E-state index contributed by atoms with van der Waals surface area (Å²) in [5.74, 6) is 0. The van der Waals surface area contributed by atoms with E-state index in [1.807, 2.05) is 0 Å². The third kappa shape index (κ3) is 20.7. The number of rotatable bonds is 33. The Hall–Kier alpha value is 4.28. The van der Waals surface area contributed by atoms with Gasteiger partial charge in [-0.15, -0.1) is 0 Å². The van der Waals surface area contributed by atoms with Crippen LogP contribution in [-0.2, 0) is 0 Å². The van der Waals surface area contributed by atoms with Crippen LogP contribution in [0.3, 0.4) is 0 Å². The molecular formula is B69N. The SMILES string of the molecule is [B]B([B])B([B])B(B(B([B])[B])B([B])[B])B(B(N=BB(B(B(B([B])[B])B([B])[B])B(B([B])[B])B([B])[B])B(B(B([B])[B])B([B])[B])B(B([B])[B])B([B])[B])B(B(B([B])[B])B([B])[B])B(B([B])[B])B([B])[B])B(B([B])[B])B([B])[B]. The Labute approximate surface area is 489 Å². The molecule has 0 aromatic carbocycles. The average molecular weight is 760 g/mol. The molecule has 1 nitrogen and oxygen atoms in total. The van der Waals surface area contributed by atoms with Crippen molar-refractivity contribution in [3.63, 3.8) is 0 Å². The van der Waals surface area contributed by atoms with Crippen LogP contribution in [0.15, 0.2) is 4.81 Å². The van der Waals surface area contributed by atoms with E-state index in [1.54, 1.807) is 0 Å². The molecule has 70 radical (unpaired) electrons. The van der Waals surface area contributed by atoms with E-state index in [-0.39, 0.29) is 0 Å². The molecule has 0 amide bonds. The van der Waals surface area contributed by atoms with Crippen molar-refractivity contribution in [1.29, 1.82) is 0 Å². The van der Waals surface area contributed by atoms with Crippen LogP contribution < -0.4 is 0 Å². The molecule has 0 aliphatic carbocycles. The van der Waals surface area contributed by atoms with Crippen molar-refractivity contribution >= 4 is 489 Å². The molecule has 0 aromatic rings. The molecule has 0 fully saturated rings. The Morgan fingerprint density at radius 1 is 0.171 bits per heavy atom. The quantitative estimate of drug-likeness (QED) is 0.0591. The summed E-state index contributed by atoms with van der Waals surface area (Å²) < 4.78 is 0. The third-order valence-electron chi connectivity index (χ3n) is 14.1. The molecule has 0 atom stereocenters. The molecule has 212 valence electrons. The fraction of sp³-hybridized carbons (Fsp3) is 0. The zero-order chi connectivity index (χ0) is 55.5. The number of nitrogens with zero attached hydrogens (tertiary/aromatic N) is 1. The Kier molecular flexibility index (Phi) is 36.7. The van der Waals surface area contributed by atoms with E-state index in [4.69, 9.17) is 276 Å². The van der Waals surface area contributed by atoms with Gasteiger partial charge in [-0.3, -0.25) is 0 Å². The summed E-state index contributed by atoms with van der Waals surface area (Å²) in [5, 5.41) is 0. The van der Waals surface area contributed by atoms with Crippen LogP contribution in [0.5, 0.6) is 0 Å². The molecule has 0 saturated heterocycles. The fourth-order valence-corrected chi connectivity index (χ4v) is 11.3. The minimum atomic E-state index is -1.66. The van der Waals surface area contributed by atoms with Crippen LogP contribution in [0.25, 0.3) is 0 Å². The molecule has 0 rings (SSSR count). The molecule has 0 spiro atoms. The van der Waals surface area contributed by atoms with E-state index < -0.39 is 211 Å². The van der Waals surface area contributed by atoms with Crippen LogP contribution in [0, 0.1) is 0 Å². The van der Waals surface area contributed by atoms with Gasteiger partial charge in [-0.25, -0.2) is 0 Å². The van der Waals surface area contributed by atoms with E-state index in [0.717, 1.165) is 0 Å². The molecule has 0 unspecified atom stereocenters. The molecule has 70 heteroatoms. The second-order valence-electron chi connectivity index (χ2n) is 19.3. The fourth-order valence-electron chi connectivity index (χ4n) is 11.3. The summed E-state index contributed by atoms with van der Waals surface area (Å²) in [4.78, 5) is 5.35. The van der Waals surface area contributed by atoms with Crippen molar-refractivity contribution in [2.24, 2.45) is 4.81 Å². The number of hydrogen-bond donors (Lipinski definition) is 0. The van der Waals surface area contributed by atoms with Gasteiger partial charge in [-0.05, 0) is 0 Å². The maximum atomic E-state index is 6.98. The van der Waals surface area contributed by atoms with Gasteiger partial charge < -0.3 is 0 Å². The molecule has 0 heterocycles. The first kappa shape index (κ1) is 74.3. The predicted molar refractivity (Wildman–Crippen MR) is 399 cm³/mol. The molecule has 0 saturated carbocycles. The predicted octanol–water partition coefficient (Wildman–Crippen LogP) is -26.1. The van der Waals surface area contributed by atoms with Crippen molar-refractivity contribution < 1.29 is 0 Å². The average Bonchev–Trinajstić information content (AvgIpc) is 3.14. The zero-order valence-electron chi connectivity index (χ0n) is 40.3. The topological polar surface area (TPSA) is 12.4 Å². The van der Waals surface area contributed by atoms with Gasteiger partial charge in [0.1, 0.15) is 0 Å². The van der Waals surface area contributed by atoms with Crippen LogP contribution in [-0.4, -0.2) is 489 Å². The molecule has 0 aliphatic heterocycles. The van der Waals surface area contributed by atoms with E-state index in [0.29, 0.717) is 0 Å². The summed E-state index contributed by atoms with van der Waals surface area (Å²) in [6.07, 6.45) is -45.2. The summed E-state index contributed by atoms with van der Waals surface area (Å²) in [5.41, 5.74) is 0. The van der Waals surface area contributed by atoms with E-state index in [9.17, 15) is 0 Å². The van der Waals surface area contributed by atoms with Crippen molar-refractivity contribution in [1.82, 2.24) is 0 Å². The standard InChI is InChI=1S/B69N/c1-37(2)54(35)64(56(38(3)4)39(5)6)68(63(52(31)32)53(33)34)69(67(61(48(23)24)49(25)26)62(50(27)28)51(29)30)70-36-55(65(57(40(7)8)41(9)10)58(42(11)12)43(13)14)66(59(44(15)16)45(17)18)60(46(19)20)47(21)22. The Morgan fingerprint density at radius 3 is 0.500 bits per heavy atom. The van der Waals surface area contributed by atoms with Gasteiger partial charge >= 0.3 is 494 Å². The van der Waals surface area contributed by atoms with Crippen LogP contribution in [0.1, 0.15) is 0 Å². The van der Waals surface area contributed by atoms with Gasteiger partial charge in [-0.2, -0.15) is 0 Å². The maximum absolute atomic E-state index is 6.98. The monoisotopic (exact) mass is 774 g/mol. The Bertz CT molecular complexity index is 1200. The van der Waals surface area contributed by atoms with Gasteiger partial charge in [0.05, 0.1) is 0 Å². The van der Waals surface area contributed by atoms with Gasteiger partial charge in [0.15, 0.2) is 0 Å². The summed E-state index contributed by atoms with van der Waals surface area (Å²) in [6, 6.07) is 0. The molecule has 0 bridgehead atoms. The second-order valence-corrected chi connectivity index (χ2v) is 19.3. The van der Waals surface area contributed by atoms with Crippen LogP contribution in [0.4, 0.5) is 0 Å². The van der Waals surface area contributed by atoms with E-state index in [1.165, 1.54) is 6.96 Å². The zero-order valence-corrected chi connectivity index (χ0v) is 40.3. The number of hydrogen-bond acceptors (Lipinski definition) is 1. The first-order chi connectivity index (χ1) is 31.9. The van der Waals surface area contributed by atoms with Crippen molar-refractivity contribution in [2.45, 2.75) is 0 Å². The van der Waals surface area contributed by atoms with Gasteiger partial charge in [0.25, 0.3) is 0 Å². The summed E-state index contributed by atoms with van der Waals surface area (Å²) in [6.45, 7) is -0.364. The normalized spacial score (nSPS) is 9.83. The van der Waals surface area contributed by atoms with Crippen LogP contribution >= 0.6 is 0 Å². The van der Waals surface area contributed by atoms with Gasteiger partial charge in [-0.1, -0.05) is 0 Å². The van der Waals surface area contributed by atoms with Crippen molar-refractivity contribution in [3.05, 3.63) is 0 Å². The Morgan fingerprint density at radius 2 is 0.329 bits per heavy atom. The van der Waals surface area contributed by atoms with Crippen LogP contribution in [0.2, 0.25) is 0 Å². The van der Waals surface area contributed by atoms with Crippen molar-refractivity contribution in [3.8, 4) is 0 Å². The first-order valence-electron chi connectivity index (χ1n) is 22.8. The molecule has 0 aliphatic rings. The van der Waals surface area contributed by atoms with E-state index in [2.05, 4.69) is 0 Å². The Balaban J connectivity index is 10.7. The molecule has 0 aromatic heterocycles. The van der Waals surface area contributed by atoms with Crippen molar-refractivity contribution in [2.75, 3.05) is 0 Å². The van der Waals surface area contributed by atoms with E-state index >= 15 is 0 Å². The second kappa shape index (κ2) is 34.5. The molecule has 70 heavy (non-hydrogen) atoms. The van der Waals surface area contributed by atoms with Gasteiger partial charge in [0.2, 0.25) is 0 Å². The molecule has 0 N–H and O–H groups in total.